The van der Waals surface area contributed by atoms with Crippen molar-refractivity contribution in [3.63, 3.8) is 0 Å². The van der Waals surface area contributed by atoms with E-state index in [1.54, 1.807) is 0 Å². The number of hydrogen-bond acceptors (Lipinski definition) is 6. The van der Waals surface area contributed by atoms with Crippen molar-refractivity contribution >= 4 is 29.5 Å². The van der Waals surface area contributed by atoms with Crippen molar-refractivity contribution in [2.24, 2.45) is 5.73 Å². The largest absolute Gasteiger partial charge is 0.356 e. The highest BCUT2D eigenvalue weighted by atomic mass is 32.2. The molecule has 0 bridgehead atoms. The third kappa shape index (κ3) is 10.1. The summed E-state index contributed by atoms with van der Waals surface area (Å²) in [5, 5.41) is 13.0. The minimum absolute atomic E-state index is 0.0312. The Morgan fingerprint density at radius 1 is 0.810 bits per heavy atom. The number of amides is 3. The van der Waals surface area contributed by atoms with Gasteiger partial charge >= 0.3 is 6.03 Å². The van der Waals surface area contributed by atoms with Crippen molar-refractivity contribution in [1.29, 1.82) is 0 Å². The molecule has 6 N–H and O–H groups in total. The van der Waals surface area contributed by atoms with Gasteiger partial charge in [0, 0.05) is 48.2 Å². The molecular weight excluding hydrogens is 546 g/mol. The van der Waals surface area contributed by atoms with E-state index in [2.05, 4.69) is 21.3 Å². The molecule has 0 aliphatic carbocycles. The van der Waals surface area contributed by atoms with Crippen LogP contribution in [0.3, 0.4) is 0 Å². The van der Waals surface area contributed by atoms with E-state index >= 15 is 0 Å². The van der Waals surface area contributed by atoms with Crippen molar-refractivity contribution in [3.8, 4) is 0 Å². The smallest absolute Gasteiger partial charge is 0.315 e. The van der Waals surface area contributed by atoms with Gasteiger partial charge in [-0.15, -0.1) is 0 Å². The summed E-state index contributed by atoms with van der Waals surface area (Å²) in [6, 6.07) is 15.8. The van der Waals surface area contributed by atoms with Gasteiger partial charge in [-0.2, -0.15) is 11.8 Å². The molecule has 0 saturated carbocycles. The number of urea groups is 1. The highest BCUT2D eigenvalue weighted by molar-refractivity contribution is 8.00. The minimum atomic E-state index is -0.0386. The van der Waals surface area contributed by atoms with E-state index in [0.717, 1.165) is 69.5 Å². The summed E-state index contributed by atoms with van der Waals surface area (Å²) in [6.07, 6.45) is 10.5. The minimum Gasteiger partial charge on any atom is -0.356 e. The van der Waals surface area contributed by atoms with Gasteiger partial charge in [-0.05, 0) is 43.4 Å². The second kappa shape index (κ2) is 17.3. The highest BCUT2D eigenvalue weighted by Crippen LogP contribution is 2.33. The Kier molecular flexibility index (Phi) is 13.2. The van der Waals surface area contributed by atoms with Crippen LogP contribution < -0.4 is 27.0 Å². The Morgan fingerprint density at radius 3 is 2.14 bits per heavy atom. The van der Waals surface area contributed by atoms with Crippen LogP contribution in [0.5, 0.6) is 0 Å². The fraction of sp³-hybridized carbons (Fsp3) is 0.545. The molecule has 2 aromatic carbocycles. The number of thioether (sulfide) groups is 1. The van der Waals surface area contributed by atoms with E-state index in [4.69, 9.17) is 5.73 Å². The van der Waals surface area contributed by atoms with E-state index < -0.39 is 0 Å². The van der Waals surface area contributed by atoms with Crippen LogP contribution in [0.2, 0.25) is 0 Å². The van der Waals surface area contributed by atoms with Gasteiger partial charge in [0.1, 0.15) is 0 Å². The van der Waals surface area contributed by atoms with Crippen LogP contribution in [0.25, 0.3) is 0 Å². The highest BCUT2D eigenvalue weighted by Gasteiger charge is 2.42. The lowest BCUT2D eigenvalue weighted by Gasteiger charge is -2.16. The van der Waals surface area contributed by atoms with E-state index in [1.807, 2.05) is 60.3 Å². The Labute approximate surface area is 254 Å². The van der Waals surface area contributed by atoms with Crippen molar-refractivity contribution in [2.75, 3.05) is 18.8 Å². The van der Waals surface area contributed by atoms with Gasteiger partial charge in [0.2, 0.25) is 5.91 Å². The van der Waals surface area contributed by atoms with Gasteiger partial charge < -0.3 is 27.0 Å². The molecule has 3 atom stereocenters. The molecule has 0 radical (unpaired) electrons. The summed E-state index contributed by atoms with van der Waals surface area (Å²) in [5.74, 6) is 1.18. The van der Waals surface area contributed by atoms with Gasteiger partial charge in [-0.25, -0.2) is 4.79 Å². The van der Waals surface area contributed by atoms with Gasteiger partial charge in [0.15, 0.2) is 5.78 Å². The normalized spacial score (nSPS) is 19.3. The third-order valence-electron chi connectivity index (χ3n) is 8.18. The molecule has 0 unspecified atom stereocenters. The van der Waals surface area contributed by atoms with Crippen LogP contribution in [0.1, 0.15) is 91.3 Å². The lowest BCUT2D eigenvalue weighted by Crippen LogP contribution is -2.36. The number of carbonyl (C=O) groups is 3. The molecule has 2 aliphatic heterocycles. The van der Waals surface area contributed by atoms with Crippen LogP contribution >= 0.6 is 11.8 Å². The molecule has 2 saturated heterocycles. The van der Waals surface area contributed by atoms with Crippen molar-refractivity contribution < 1.29 is 14.4 Å². The first kappa shape index (κ1) is 32.0. The number of nitrogens with one attached hydrogen (secondary N) is 4. The van der Waals surface area contributed by atoms with E-state index in [0.29, 0.717) is 29.3 Å². The maximum absolute atomic E-state index is 12.7. The fourth-order valence-electron chi connectivity index (χ4n) is 5.64. The number of carbonyl (C=O) groups excluding carboxylic acids is 3. The van der Waals surface area contributed by atoms with Crippen LogP contribution in [-0.2, 0) is 17.9 Å². The quantitative estimate of drug-likeness (QED) is 0.0918. The Balaban J connectivity index is 0.935. The summed E-state index contributed by atoms with van der Waals surface area (Å²) < 4.78 is 0. The van der Waals surface area contributed by atoms with Gasteiger partial charge in [0.05, 0.1) is 12.1 Å². The molecule has 3 amide bonds. The van der Waals surface area contributed by atoms with Crippen LogP contribution in [0, 0.1) is 0 Å². The number of unbranched alkanes of at least 4 members (excludes halogenated alkanes) is 6. The number of hydrogen-bond donors (Lipinski definition) is 5. The Morgan fingerprint density at radius 2 is 1.45 bits per heavy atom. The lowest BCUT2D eigenvalue weighted by molar-refractivity contribution is -0.121. The molecule has 228 valence electrons. The van der Waals surface area contributed by atoms with E-state index in [1.165, 1.54) is 24.8 Å². The van der Waals surface area contributed by atoms with E-state index in [-0.39, 0.29) is 29.8 Å². The lowest BCUT2D eigenvalue weighted by atomic mass is 10.0. The van der Waals surface area contributed by atoms with Crippen LogP contribution in [0.15, 0.2) is 48.5 Å². The zero-order valence-corrected chi connectivity index (χ0v) is 25.5. The molecule has 8 nitrogen and oxygen atoms in total. The standard InChI is InChI=1S/C33H47N5O3S/c34-21-24-11-15-26(16-12-24)32(40)27-17-13-25(14-18-27)22-35-19-7-3-1-2-4-8-20-36-30(39)10-6-5-9-29-31-28(23-42-29)37-33(41)38-31/h11-18,28-29,31,35H,1-10,19-23,34H2,(H,36,39)(H2,37,38,41)/t28-,29-,31-/m0/s1. The molecule has 2 aromatic rings. The number of ketones is 1. The van der Waals surface area contributed by atoms with Crippen LogP contribution in [0.4, 0.5) is 4.79 Å². The molecule has 0 aromatic heterocycles. The first-order valence-electron chi connectivity index (χ1n) is 15.6. The average molecular weight is 594 g/mol. The second-order valence-corrected chi connectivity index (χ2v) is 12.7. The molecule has 2 aliphatic rings. The Hall–Kier alpha value is -2.88. The van der Waals surface area contributed by atoms with Gasteiger partial charge in [-0.1, -0.05) is 80.6 Å². The first-order valence-corrected chi connectivity index (χ1v) is 16.7. The molecule has 0 spiro atoms. The topological polar surface area (TPSA) is 125 Å². The molecule has 42 heavy (non-hydrogen) atoms. The summed E-state index contributed by atoms with van der Waals surface area (Å²) in [6.45, 7) is 3.03. The molecular formula is C33H47N5O3S. The average Bonchev–Trinajstić information content (AvgIpc) is 3.57. The monoisotopic (exact) mass is 593 g/mol. The molecule has 2 fully saturated rings. The Bertz CT molecular complexity index is 1140. The van der Waals surface area contributed by atoms with Gasteiger partial charge in [0.25, 0.3) is 0 Å². The number of benzene rings is 2. The van der Waals surface area contributed by atoms with Crippen molar-refractivity contribution in [2.45, 2.75) is 94.6 Å². The maximum atomic E-state index is 12.7. The molecule has 4 rings (SSSR count). The predicted octanol–water partition coefficient (Wildman–Crippen LogP) is 4.65. The third-order valence-corrected chi connectivity index (χ3v) is 9.69. The molecule has 9 heteroatoms. The summed E-state index contributed by atoms with van der Waals surface area (Å²) >= 11 is 1.93. The number of rotatable bonds is 19. The SMILES string of the molecule is NCc1ccc(C(=O)c2ccc(CNCCCCCCCCNC(=O)CCCC[C@@H]3SC[C@@H]4NC(=O)N[C@@H]43)cc2)cc1. The zero-order chi connectivity index (χ0) is 29.6. The number of nitrogens with two attached hydrogens (primary N) is 1. The predicted molar refractivity (Wildman–Crippen MR) is 171 cm³/mol. The summed E-state index contributed by atoms with van der Waals surface area (Å²) in [5.41, 5.74) is 9.21. The fourth-order valence-corrected chi connectivity index (χ4v) is 7.18. The van der Waals surface area contributed by atoms with Gasteiger partial charge in [-0.3, -0.25) is 9.59 Å². The summed E-state index contributed by atoms with van der Waals surface area (Å²) in [7, 11) is 0. The first-order chi connectivity index (χ1) is 20.5. The zero-order valence-electron chi connectivity index (χ0n) is 24.7. The number of fused-ring (bicyclic) bond motifs is 1. The van der Waals surface area contributed by atoms with Crippen molar-refractivity contribution in [3.05, 3.63) is 70.8 Å². The maximum Gasteiger partial charge on any atom is 0.315 e. The van der Waals surface area contributed by atoms with E-state index in [9.17, 15) is 14.4 Å². The second-order valence-electron chi connectivity index (χ2n) is 11.4. The summed E-state index contributed by atoms with van der Waals surface area (Å²) in [4.78, 5) is 36.3. The molecule has 2 heterocycles. The van der Waals surface area contributed by atoms with Crippen LogP contribution in [-0.4, -0.2) is 53.9 Å². The van der Waals surface area contributed by atoms with Crippen molar-refractivity contribution in [1.82, 2.24) is 21.3 Å².